The van der Waals surface area contributed by atoms with Gasteiger partial charge in [0, 0.05) is 11.4 Å². The number of benzene rings is 2. The topological polar surface area (TPSA) is 92.3 Å². The molecular formula is C18H24N2O4S2. The number of hydrogen-bond donors (Lipinski definition) is 2. The largest absolute Gasteiger partial charge is 0.284 e. The van der Waals surface area contributed by atoms with Gasteiger partial charge in [-0.05, 0) is 86.7 Å². The number of anilines is 2. The molecule has 0 heterocycles. The summed E-state index contributed by atoms with van der Waals surface area (Å²) < 4.78 is 53.3. The van der Waals surface area contributed by atoms with E-state index in [2.05, 4.69) is 9.44 Å². The smallest absolute Gasteiger partial charge is 0.262 e. The van der Waals surface area contributed by atoms with Crippen molar-refractivity contribution in [3.05, 3.63) is 52.1 Å². The first kappa shape index (κ1) is 20.3. The third-order valence-corrected chi connectivity index (χ3v) is 6.90. The Kier molecular flexibility index (Phi) is 5.39. The summed E-state index contributed by atoms with van der Waals surface area (Å²) in [5.74, 6) is 0. The van der Waals surface area contributed by atoms with Gasteiger partial charge in [0.1, 0.15) is 0 Å². The normalized spacial score (nSPS) is 12.1. The minimum atomic E-state index is -3.77. The van der Waals surface area contributed by atoms with Gasteiger partial charge in [0.2, 0.25) is 10.0 Å². The Bertz CT molecular complexity index is 1030. The maximum atomic E-state index is 13.0. The standard InChI is InChI=1S/C18H24N2O4S2/c1-11-12(2)14(4)18(15(5)13(11)3)26(23,24)20-17-9-7-16(8-10-17)19-25(6,21)22/h7-10,19-20H,1-6H3. The van der Waals surface area contributed by atoms with E-state index in [1.54, 1.807) is 0 Å². The molecule has 0 aromatic heterocycles. The van der Waals surface area contributed by atoms with Crippen LogP contribution in [0.4, 0.5) is 11.4 Å². The van der Waals surface area contributed by atoms with E-state index in [4.69, 9.17) is 0 Å². The summed E-state index contributed by atoms with van der Waals surface area (Å²) in [4.78, 5) is 0.288. The van der Waals surface area contributed by atoms with Crippen LogP contribution in [0.2, 0.25) is 0 Å². The highest BCUT2D eigenvalue weighted by atomic mass is 32.2. The third kappa shape index (κ3) is 4.19. The van der Waals surface area contributed by atoms with Crippen LogP contribution in [0.3, 0.4) is 0 Å². The monoisotopic (exact) mass is 396 g/mol. The van der Waals surface area contributed by atoms with E-state index in [9.17, 15) is 16.8 Å². The number of hydrogen-bond acceptors (Lipinski definition) is 4. The molecule has 0 unspecified atom stereocenters. The van der Waals surface area contributed by atoms with Crippen LogP contribution >= 0.6 is 0 Å². The van der Waals surface area contributed by atoms with Crippen molar-refractivity contribution >= 4 is 31.4 Å². The molecule has 0 amide bonds. The maximum absolute atomic E-state index is 13.0. The number of sulfonamides is 2. The summed E-state index contributed by atoms with van der Waals surface area (Å²) in [6.07, 6.45) is 1.05. The van der Waals surface area contributed by atoms with E-state index in [1.807, 2.05) is 34.6 Å². The molecule has 0 atom stereocenters. The Morgan fingerprint density at radius 1 is 0.615 bits per heavy atom. The van der Waals surface area contributed by atoms with E-state index in [0.717, 1.165) is 34.1 Å². The van der Waals surface area contributed by atoms with Crippen molar-refractivity contribution in [2.24, 2.45) is 0 Å². The Balaban J connectivity index is 2.42. The van der Waals surface area contributed by atoms with Gasteiger partial charge in [-0.2, -0.15) is 0 Å². The van der Waals surface area contributed by atoms with Crippen LogP contribution in [0.5, 0.6) is 0 Å². The zero-order valence-electron chi connectivity index (χ0n) is 15.8. The Morgan fingerprint density at radius 3 is 1.35 bits per heavy atom. The van der Waals surface area contributed by atoms with Crippen LogP contribution < -0.4 is 9.44 Å². The quantitative estimate of drug-likeness (QED) is 0.810. The van der Waals surface area contributed by atoms with Gasteiger partial charge >= 0.3 is 0 Å². The molecule has 6 nitrogen and oxygen atoms in total. The molecule has 0 saturated carbocycles. The second-order valence-electron chi connectivity index (χ2n) is 6.51. The lowest BCUT2D eigenvalue weighted by Gasteiger charge is -2.19. The van der Waals surface area contributed by atoms with Gasteiger partial charge in [0.15, 0.2) is 0 Å². The predicted octanol–water partition coefficient (Wildman–Crippen LogP) is 3.40. The molecule has 0 radical (unpaired) electrons. The lowest BCUT2D eigenvalue weighted by molar-refractivity contribution is 0.599. The molecule has 0 aliphatic rings. The Hall–Kier alpha value is -2.06. The first-order chi connectivity index (χ1) is 11.8. The maximum Gasteiger partial charge on any atom is 0.262 e. The molecule has 2 aromatic carbocycles. The van der Waals surface area contributed by atoms with Crippen LogP contribution in [0.1, 0.15) is 27.8 Å². The fourth-order valence-corrected chi connectivity index (χ4v) is 5.12. The predicted molar refractivity (Wildman–Crippen MR) is 106 cm³/mol. The highest BCUT2D eigenvalue weighted by Gasteiger charge is 2.23. The fraction of sp³-hybridized carbons (Fsp3) is 0.333. The summed E-state index contributed by atoms with van der Waals surface area (Å²) >= 11 is 0. The van der Waals surface area contributed by atoms with Gasteiger partial charge < -0.3 is 0 Å². The van der Waals surface area contributed by atoms with Crippen molar-refractivity contribution in [1.29, 1.82) is 0 Å². The van der Waals surface area contributed by atoms with E-state index < -0.39 is 20.0 Å². The summed E-state index contributed by atoms with van der Waals surface area (Å²) in [6.45, 7) is 9.44. The zero-order valence-corrected chi connectivity index (χ0v) is 17.4. The second kappa shape index (κ2) is 6.92. The van der Waals surface area contributed by atoms with Gasteiger partial charge in [-0.1, -0.05) is 0 Å². The molecule has 0 fully saturated rings. The first-order valence-corrected chi connectivity index (χ1v) is 11.4. The lowest BCUT2D eigenvalue weighted by Crippen LogP contribution is -2.17. The third-order valence-electron chi connectivity index (χ3n) is 4.64. The molecule has 0 aliphatic carbocycles. The lowest BCUT2D eigenvalue weighted by atomic mass is 9.95. The van der Waals surface area contributed by atoms with Crippen LogP contribution in [-0.2, 0) is 20.0 Å². The SMILES string of the molecule is Cc1c(C)c(C)c(S(=O)(=O)Nc2ccc(NS(C)(=O)=O)cc2)c(C)c1C. The molecule has 2 aromatic rings. The van der Waals surface area contributed by atoms with Crippen molar-refractivity contribution < 1.29 is 16.8 Å². The molecule has 2 rings (SSSR count). The van der Waals surface area contributed by atoms with Crippen LogP contribution in [0, 0.1) is 34.6 Å². The van der Waals surface area contributed by atoms with Crippen LogP contribution in [-0.4, -0.2) is 23.1 Å². The summed E-state index contributed by atoms with van der Waals surface area (Å²) in [6, 6.07) is 6.04. The molecular weight excluding hydrogens is 372 g/mol. The summed E-state index contributed by atoms with van der Waals surface area (Å²) in [5, 5.41) is 0. The van der Waals surface area contributed by atoms with Gasteiger partial charge in [-0.15, -0.1) is 0 Å². The van der Waals surface area contributed by atoms with Gasteiger partial charge in [0.05, 0.1) is 11.2 Å². The van der Waals surface area contributed by atoms with Crippen LogP contribution in [0.25, 0.3) is 0 Å². The van der Waals surface area contributed by atoms with Crippen molar-refractivity contribution in [3.63, 3.8) is 0 Å². The molecule has 2 N–H and O–H groups in total. The van der Waals surface area contributed by atoms with Crippen molar-refractivity contribution in [3.8, 4) is 0 Å². The molecule has 0 aliphatic heterocycles. The highest BCUT2D eigenvalue weighted by molar-refractivity contribution is 7.93. The average Bonchev–Trinajstić information content (AvgIpc) is 2.51. The molecule has 0 bridgehead atoms. The molecule has 0 spiro atoms. The minimum absolute atomic E-state index is 0.288. The summed E-state index contributed by atoms with van der Waals surface area (Å²) in [7, 11) is -7.15. The van der Waals surface area contributed by atoms with Gasteiger partial charge in [-0.25, -0.2) is 16.8 Å². The minimum Gasteiger partial charge on any atom is -0.284 e. The summed E-state index contributed by atoms with van der Waals surface area (Å²) in [5.41, 5.74) is 5.20. The second-order valence-corrected chi connectivity index (χ2v) is 9.88. The van der Waals surface area contributed by atoms with E-state index in [-0.39, 0.29) is 4.90 Å². The van der Waals surface area contributed by atoms with Crippen molar-refractivity contribution in [1.82, 2.24) is 0 Å². The Morgan fingerprint density at radius 2 is 0.962 bits per heavy atom. The van der Waals surface area contributed by atoms with Gasteiger partial charge in [-0.3, -0.25) is 9.44 Å². The zero-order chi connectivity index (χ0) is 19.9. The molecule has 142 valence electrons. The Labute approximate surface area is 155 Å². The molecule has 26 heavy (non-hydrogen) atoms. The average molecular weight is 397 g/mol. The fourth-order valence-electron chi connectivity index (χ4n) is 2.90. The first-order valence-electron chi connectivity index (χ1n) is 8.01. The number of rotatable bonds is 5. The van der Waals surface area contributed by atoms with E-state index in [1.165, 1.54) is 24.3 Å². The number of nitrogens with one attached hydrogen (secondary N) is 2. The molecule has 0 saturated heterocycles. The van der Waals surface area contributed by atoms with Crippen molar-refractivity contribution in [2.75, 3.05) is 15.7 Å². The highest BCUT2D eigenvalue weighted by Crippen LogP contribution is 2.31. The molecule has 8 heteroatoms. The van der Waals surface area contributed by atoms with E-state index in [0.29, 0.717) is 11.4 Å². The van der Waals surface area contributed by atoms with Crippen molar-refractivity contribution in [2.45, 2.75) is 39.5 Å². The van der Waals surface area contributed by atoms with Gasteiger partial charge in [0.25, 0.3) is 10.0 Å². The van der Waals surface area contributed by atoms with E-state index >= 15 is 0 Å². The van der Waals surface area contributed by atoms with Crippen LogP contribution in [0.15, 0.2) is 29.2 Å².